The van der Waals surface area contributed by atoms with Gasteiger partial charge in [0.1, 0.15) is 6.29 Å². The second kappa shape index (κ2) is 17.3. The third-order valence-electron chi connectivity index (χ3n) is 6.91. The maximum Gasteiger partial charge on any atom is 0.303 e. The van der Waals surface area contributed by atoms with Gasteiger partial charge in [-0.05, 0) is 87.8 Å². The highest BCUT2D eigenvalue weighted by molar-refractivity contribution is 7.90. The van der Waals surface area contributed by atoms with Gasteiger partial charge < -0.3 is 21.1 Å². The number of hydrogen-bond acceptors (Lipinski definition) is 7. The lowest BCUT2D eigenvalue weighted by molar-refractivity contribution is -0.123. The van der Waals surface area contributed by atoms with Gasteiger partial charge in [0.2, 0.25) is 5.91 Å². The molecule has 0 aromatic heterocycles. The maximum absolute atomic E-state index is 12.5. The molecule has 4 N–H and O–H groups in total. The number of rotatable bonds is 19. The van der Waals surface area contributed by atoms with Crippen LogP contribution in [0.2, 0.25) is 0 Å². The molecule has 1 unspecified atom stereocenters. The highest BCUT2D eigenvalue weighted by atomic mass is 32.2. The highest BCUT2D eigenvalue weighted by Crippen LogP contribution is 2.22. The summed E-state index contributed by atoms with van der Waals surface area (Å²) >= 11 is 0. The monoisotopic (exact) mass is 603 g/mol. The van der Waals surface area contributed by atoms with Gasteiger partial charge in [-0.2, -0.15) is 12.7 Å². The van der Waals surface area contributed by atoms with Gasteiger partial charge in [-0.3, -0.25) is 13.9 Å². The highest BCUT2D eigenvalue weighted by Gasteiger charge is 2.21. The Morgan fingerprint density at radius 3 is 2.31 bits per heavy atom. The molecule has 0 aliphatic heterocycles. The van der Waals surface area contributed by atoms with E-state index in [4.69, 9.17) is 10.5 Å². The number of aryl methyl sites for hydroxylation is 2. The molecular weight excluding hydrogens is 554 g/mol. The second-order valence-electron chi connectivity index (χ2n) is 11.1. The van der Waals surface area contributed by atoms with Gasteiger partial charge in [0.15, 0.2) is 0 Å². The average Bonchev–Trinajstić information content (AvgIpc) is 2.95. The van der Waals surface area contributed by atoms with Gasteiger partial charge in [0.25, 0.3) is 0 Å². The van der Waals surface area contributed by atoms with E-state index in [9.17, 15) is 18.0 Å². The Kier molecular flexibility index (Phi) is 14.6. The van der Waals surface area contributed by atoms with Crippen molar-refractivity contribution in [3.05, 3.63) is 64.7 Å². The summed E-state index contributed by atoms with van der Waals surface area (Å²) in [6.45, 7) is 7.23. The Hall–Kier alpha value is -2.83. The Labute approximate surface area is 252 Å². The van der Waals surface area contributed by atoms with Crippen molar-refractivity contribution in [2.75, 3.05) is 45.1 Å². The number of nitrogens with zero attached hydrogens (tertiary/aromatic N) is 2. The summed E-state index contributed by atoms with van der Waals surface area (Å²) < 4.78 is 32.9. The van der Waals surface area contributed by atoms with Crippen molar-refractivity contribution < 1.29 is 22.7 Å². The standard InChI is InChI=1S/C31H49N5O5S/c1-23(2)41-15-14-33-31(38)24(3)34-21-29(32)18-26-13-9-12-25(16-26)10-7-8-11-27-17-28(22-37)20-30(19-27)36(6)42(39,40)35(4)5/h9,12-13,16-17,19-20,22-24,29,34H,7-8,10-11,14-15,18,21,32H2,1-6H3,(H,33,38)/t24-,29?/m0/s1. The number of unbranched alkanes of at least 4 members (excludes halogenated alkanes) is 1. The van der Waals surface area contributed by atoms with Gasteiger partial charge in [0.05, 0.1) is 24.4 Å². The molecule has 42 heavy (non-hydrogen) atoms. The fraction of sp³-hybridized carbons (Fsp3) is 0.548. The third-order valence-corrected chi connectivity index (χ3v) is 8.74. The average molecular weight is 604 g/mol. The molecule has 234 valence electrons. The van der Waals surface area contributed by atoms with Crippen LogP contribution in [0.25, 0.3) is 0 Å². The molecule has 0 spiro atoms. The van der Waals surface area contributed by atoms with Crippen molar-refractivity contribution in [3.8, 4) is 0 Å². The van der Waals surface area contributed by atoms with E-state index < -0.39 is 10.2 Å². The van der Waals surface area contributed by atoms with Crippen LogP contribution in [0.4, 0.5) is 5.69 Å². The molecule has 11 heteroatoms. The van der Waals surface area contributed by atoms with Crippen LogP contribution in [0, 0.1) is 0 Å². The van der Waals surface area contributed by atoms with E-state index in [-0.39, 0.29) is 24.1 Å². The molecule has 1 amide bonds. The maximum atomic E-state index is 12.5. The zero-order valence-electron chi connectivity index (χ0n) is 25.9. The summed E-state index contributed by atoms with van der Waals surface area (Å²) in [5.74, 6) is -0.0729. The number of carbonyl (C=O) groups excluding carboxylic acids is 2. The number of benzene rings is 2. The minimum atomic E-state index is -3.65. The minimum absolute atomic E-state index is 0.0729. The molecule has 0 heterocycles. The van der Waals surface area contributed by atoms with Crippen LogP contribution in [-0.4, -0.2) is 83.9 Å². The lowest BCUT2D eigenvalue weighted by Crippen LogP contribution is -2.47. The summed E-state index contributed by atoms with van der Waals surface area (Å²) in [6, 6.07) is 13.1. The topological polar surface area (TPSA) is 134 Å². The smallest absolute Gasteiger partial charge is 0.303 e. The van der Waals surface area contributed by atoms with E-state index in [0.717, 1.165) is 47.4 Å². The number of amides is 1. The molecule has 2 rings (SSSR count). The molecule has 0 saturated carbocycles. The predicted octanol–water partition coefficient (Wildman–Crippen LogP) is 2.70. The molecule has 2 atom stereocenters. The van der Waals surface area contributed by atoms with Gasteiger partial charge in [-0.15, -0.1) is 0 Å². The summed E-state index contributed by atoms with van der Waals surface area (Å²) in [6.07, 6.45) is 5.05. The molecule has 0 radical (unpaired) electrons. The van der Waals surface area contributed by atoms with Crippen molar-refractivity contribution in [3.63, 3.8) is 0 Å². The van der Waals surface area contributed by atoms with Crippen LogP contribution >= 0.6 is 0 Å². The summed E-state index contributed by atoms with van der Waals surface area (Å²) in [5.41, 5.74) is 10.6. The third kappa shape index (κ3) is 11.8. The molecule has 0 fully saturated rings. The van der Waals surface area contributed by atoms with E-state index in [1.54, 1.807) is 6.07 Å². The first-order valence-electron chi connectivity index (χ1n) is 14.5. The Balaban J connectivity index is 1.83. The number of nitrogens with one attached hydrogen (secondary N) is 2. The summed E-state index contributed by atoms with van der Waals surface area (Å²) in [5, 5.41) is 6.08. The van der Waals surface area contributed by atoms with Crippen LogP contribution in [-0.2, 0) is 39.0 Å². The number of carbonyl (C=O) groups is 2. The largest absolute Gasteiger partial charge is 0.377 e. The number of anilines is 1. The zero-order valence-corrected chi connectivity index (χ0v) is 26.7. The predicted molar refractivity (Wildman–Crippen MR) is 169 cm³/mol. The Bertz CT molecular complexity index is 1250. The fourth-order valence-electron chi connectivity index (χ4n) is 4.46. The summed E-state index contributed by atoms with van der Waals surface area (Å²) in [4.78, 5) is 23.7. The quantitative estimate of drug-likeness (QED) is 0.166. The van der Waals surface area contributed by atoms with Crippen LogP contribution in [0.3, 0.4) is 0 Å². The van der Waals surface area contributed by atoms with Gasteiger partial charge >= 0.3 is 10.2 Å². The number of ether oxygens (including phenoxy) is 1. The van der Waals surface area contributed by atoms with E-state index >= 15 is 0 Å². The first-order chi connectivity index (χ1) is 19.8. The first kappa shape index (κ1) is 35.4. The molecule has 0 bridgehead atoms. The van der Waals surface area contributed by atoms with E-state index in [1.165, 1.54) is 31.0 Å². The van der Waals surface area contributed by atoms with Gasteiger partial charge in [-0.25, -0.2) is 0 Å². The number of nitrogens with two attached hydrogens (primary N) is 1. The zero-order chi connectivity index (χ0) is 31.3. The van der Waals surface area contributed by atoms with Crippen LogP contribution in [0.5, 0.6) is 0 Å². The van der Waals surface area contributed by atoms with Crippen LogP contribution in [0.15, 0.2) is 42.5 Å². The Morgan fingerprint density at radius 2 is 1.67 bits per heavy atom. The van der Waals surface area contributed by atoms with E-state index in [0.29, 0.717) is 37.4 Å². The molecule has 2 aromatic rings. The van der Waals surface area contributed by atoms with Gasteiger partial charge in [0, 0.05) is 45.8 Å². The van der Waals surface area contributed by atoms with Crippen LogP contribution < -0.4 is 20.7 Å². The SMILES string of the molecule is CC(C)OCCNC(=O)[C@H](C)NCC(N)Cc1cccc(CCCCc2cc(C=O)cc(N(C)S(=O)(=O)N(C)C)c2)c1. The number of hydrogen-bond donors (Lipinski definition) is 3. The minimum Gasteiger partial charge on any atom is -0.377 e. The second-order valence-corrected chi connectivity index (χ2v) is 13.3. The lowest BCUT2D eigenvalue weighted by atomic mass is 9.99. The molecule has 2 aromatic carbocycles. The molecule has 0 aliphatic carbocycles. The molecule has 0 aliphatic rings. The Morgan fingerprint density at radius 1 is 1.00 bits per heavy atom. The van der Waals surface area contributed by atoms with Crippen molar-refractivity contribution in [2.45, 2.75) is 71.1 Å². The van der Waals surface area contributed by atoms with Gasteiger partial charge in [-0.1, -0.05) is 24.3 Å². The number of aldehydes is 1. The first-order valence-corrected chi connectivity index (χ1v) is 15.9. The van der Waals surface area contributed by atoms with E-state index in [2.05, 4.69) is 28.8 Å². The van der Waals surface area contributed by atoms with E-state index in [1.807, 2.05) is 39.0 Å². The van der Waals surface area contributed by atoms with Crippen molar-refractivity contribution in [1.29, 1.82) is 0 Å². The van der Waals surface area contributed by atoms with Crippen molar-refractivity contribution >= 4 is 28.1 Å². The molecular formula is C31H49N5O5S. The van der Waals surface area contributed by atoms with Crippen molar-refractivity contribution in [2.24, 2.45) is 5.73 Å². The van der Waals surface area contributed by atoms with Crippen LogP contribution in [0.1, 0.15) is 60.7 Å². The summed E-state index contributed by atoms with van der Waals surface area (Å²) in [7, 11) is 0.791. The fourth-order valence-corrected chi connectivity index (χ4v) is 5.32. The normalized spacial score (nSPS) is 13.3. The lowest BCUT2D eigenvalue weighted by Gasteiger charge is -2.24. The molecule has 10 nitrogen and oxygen atoms in total. The van der Waals surface area contributed by atoms with Crippen molar-refractivity contribution in [1.82, 2.24) is 14.9 Å². The molecule has 0 saturated heterocycles.